The van der Waals surface area contributed by atoms with Crippen molar-refractivity contribution >= 4 is 5.91 Å². The topological polar surface area (TPSA) is 35.6 Å². The Morgan fingerprint density at radius 1 is 1.00 bits per heavy atom. The van der Waals surface area contributed by atoms with Crippen LogP contribution in [0.3, 0.4) is 0 Å². The fourth-order valence-corrected chi connectivity index (χ4v) is 3.64. The van der Waals surface area contributed by atoms with Crippen molar-refractivity contribution in [1.82, 2.24) is 15.1 Å². The lowest BCUT2D eigenvalue weighted by molar-refractivity contribution is -0.132. The van der Waals surface area contributed by atoms with Crippen molar-refractivity contribution in [1.29, 1.82) is 0 Å². The number of piperidine rings is 1. The summed E-state index contributed by atoms with van der Waals surface area (Å²) in [5, 5.41) is 3.32. The number of amides is 1. The minimum absolute atomic E-state index is 0.116. The van der Waals surface area contributed by atoms with Gasteiger partial charge in [-0.15, -0.1) is 0 Å². The lowest BCUT2D eigenvalue weighted by Gasteiger charge is -2.32. The Morgan fingerprint density at radius 3 is 2.56 bits per heavy atom. The summed E-state index contributed by atoms with van der Waals surface area (Å²) in [5.74, 6) is 0.354. The van der Waals surface area contributed by atoms with Gasteiger partial charge in [-0.05, 0) is 51.7 Å². The minimum Gasteiger partial charge on any atom is -0.340 e. The molecule has 1 amide bonds. The Morgan fingerprint density at radius 2 is 1.83 bits per heavy atom. The molecule has 0 bridgehead atoms. The summed E-state index contributed by atoms with van der Waals surface area (Å²) in [7, 11) is 0. The molecule has 0 radical (unpaired) electrons. The molecule has 3 aliphatic rings. The van der Waals surface area contributed by atoms with Gasteiger partial charge in [0.15, 0.2) is 0 Å². The van der Waals surface area contributed by atoms with Gasteiger partial charge in [0.05, 0.1) is 6.04 Å². The van der Waals surface area contributed by atoms with Gasteiger partial charge in [-0.1, -0.05) is 6.42 Å². The van der Waals surface area contributed by atoms with E-state index in [9.17, 15) is 4.79 Å². The highest BCUT2D eigenvalue weighted by Gasteiger charge is 2.34. The number of carbonyl (C=O) groups excluding carboxylic acids is 1. The molecule has 2 atom stereocenters. The Balaban J connectivity index is 1.52. The Labute approximate surface area is 110 Å². The summed E-state index contributed by atoms with van der Waals surface area (Å²) in [5.41, 5.74) is 0. The van der Waals surface area contributed by atoms with E-state index in [1.165, 1.54) is 38.8 Å². The molecule has 3 rings (SSSR count). The smallest absolute Gasteiger partial charge is 0.239 e. The third kappa shape index (κ3) is 2.54. The van der Waals surface area contributed by atoms with E-state index in [1.807, 2.05) is 0 Å². The van der Waals surface area contributed by atoms with Crippen LogP contribution in [-0.4, -0.2) is 60.5 Å². The third-order valence-electron chi connectivity index (χ3n) is 4.74. The highest BCUT2D eigenvalue weighted by molar-refractivity contribution is 5.82. The quantitative estimate of drug-likeness (QED) is 0.789. The number of carbonyl (C=O) groups is 1. The second-order valence-electron chi connectivity index (χ2n) is 5.97. The molecule has 0 aliphatic carbocycles. The van der Waals surface area contributed by atoms with Crippen LogP contribution in [0.5, 0.6) is 0 Å². The van der Waals surface area contributed by atoms with Gasteiger partial charge in [-0.25, -0.2) is 0 Å². The van der Waals surface area contributed by atoms with E-state index in [2.05, 4.69) is 15.1 Å². The first-order valence-corrected chi connectivity index (χ1v) is 7.61. The van der Waals surface area contributed by atoms with Crippen LogP contribution < -0.4 is 5.32 Å². The molecule has 4 heteroatoms. The van der Waals surface area contributed by atoms with E-state index in [0.29, 0.717) is 11.9 Å². The van der Waals surface area contributed by atoms with Crippen LogP contribution in [0, 0.1) is 0 Å². The first kappa shape index (κ1) is 12.4. The largest absolute Gasteiger partial charge is 0.340 e. The molecule has 0 aromatic carbocycles. The van der Waals surface area contributed by atoms with Gasteiger partial charge >= 0.3 is 0 Å². The number of likely N-dealkylation sites (tertiary alicyclic amines) is 2. The fourth-order valence-electron chi connectivity index (χ4n) is 3.64. The van der Waals surface area contributed by atoms with E-state index in [-0.39, 0.29) is 6.04 Å². The van der Waals surface area contributed by atoms with Crippen LogP contribution in [-0.2, 0) is 4.79 Å². The first-order chi connectivity index (χ1) is 8.84. The first-order valence-electron chi connectivity index (χ1n) is 7.61. The zero-order valence-corrected chi connectivity index (χ0v) is 11.2. The average molecular weight is 251 g/mol. The van der Waals surface area contributed by atoms with Crippen molar-refractivity contribution in [3.63, 3.8) is 0 Å². The monoisotopic (exact) mass is 251 g/mol. The normalized spacial score (nSPS) is 34.1. The van der Waals surface area contributed by atoms with E-state index >= 15 is 0 Å². The van der Waals surface area contributed by atoms with Crippen LogP contribution in [0.15, 0.2) is 0 Å². The number of nitrogens with zero attached hydrogens (tertiary/aromatic N) is 2. The zero-order valence-electron chi connectivity index (χ0n) is 11.2. The van der Waals surface area contributed by atoms with Crippen molar-refractivity contribution < 1.29 is 4.79 Å². The number of hydrogen-bond donors (Lipinski definition) is 1. The molecule has 3 aliphatic heterocycles. The Bertz CT molecular complexity index is 295. The van der Waals surface area contributed by atoms with Gasteiger partial charge in [0, 0.05) is 19.1 Å². The Hall–Kier alpha value is -0.610. The molecule has 2 unspecified atom stereocenters. The molecule has 18 heavy (non-hydrogen) atoms. The zero-order chi connectivity index (χ0) is 12.4. The van der Waals surface area contributed by atoms with Crippen LogP contribution in [0.4, 0.5) is 0 Å². The van der Waals surface area contributed by atoms with Crippen LogP contribution in [0.1, 0.15) is 38.5 Å². The van der Waals surface area contributed by atoms with Crippen LogP contribution >= 0.6 is 0 Å². The van der Waals surface area contributed by atoms with E-state index in [0.717, 1.165) is 32.5 Å². The molecule has 0 aromatic heterocycles. The summed E-state index contributed by atoms with van der Waals surface area (Å²) >= 11 is 0. The summed E-state index contributed by atoms with van der Waals surface area (Å²) in [6, 6.07) is 0.751. The van der Waals surface area contributed by atoms with Gasteiger partial charge in [0.1, 0.15) is 0 Å². The SMILES string of the molecule is O=C(C1CCCN1)N1CCC(N2CCCCC2)C1. The molecule has 3 heterocycles. The standard InChI is InChI=1S/C14H25N3O/c18-14(13-5-4-7-15-13)17-10-6-12(11-17)16-8-2-1-3-9-16/h12-13,15H,1-11H2. The molecule has 0 saturated carbocycles. The van der Waals surface area contributed by atoms with Gasteiger partial charge in [-0.3, -0.25) is 9.69 Å². The molecule has 102 valence electrons. The molecule has 0 spiro atoms. The minimum atomic E-state index is 0.116. The molecule has 1 N–H and O–H groups in total. The maximum Gasteiger partial charge on any atom is 0.239 e. The van der Waals surface area contributed by atoms with Gasteiger partial charge < -0.3 is 10.2 Å². The highest BCUT2D eigenvalue weighted by atomic mass is 16.2. The van der Waals surface area contributed by atoms with E-state index in [4.69, 9.17) is 0 Å². The predicted molar refractivity (Wildman–Crippen MR) is 71.4 cm³/mol. The van der Waals surface area contributed by atoms with Crippen LogP contribution in [0.2, 0.25) is 0 Å². The Kier molecular flexibility index (Phi) is 3.85. The molecule has 3 fully saturated rings. The summed E-state index contributed by atoms with van der Waals surface area (Å²) in [4.78, 5) is 17.0. The molecular weight excluding hydrogens is 226 g/mol. The summed E-state index contributed by atoms with van der Waals surface area (Å²) in [6.07, 6.45) is 7.43. The lowest BCUT2D eigenvalue weighted by Crippen LogP contribution is -2.45. The van der Waals surface area contributed by atoms with Crippen molar-refractivity contribution in [2.24, 2.45) is 0 Å². The summed E-state index contributed by atoms with van der Waals surface area (Å²) < 4.78 is 0. The highest BCUT2D eigenvalue weighted by Crippen LogP contribution is 2.21. The molecule has 3 saturated heterocycles. The maximum atomic E-state index is 12.3. The van der Waals surface area contributed by atoms with Crippen molar-refractivity contribution in [3.05, 3.63) is 0 Å². The fraction of sp³-hybridized carbons (Fsp3) is 0.929. The number of nitrogens with one attached hydrogen (secondary N) is 1. The average Bonchev–Trinajstić information content (AvgIpc) is 3.10. The van der Waals surface area contributed by atoms with E-state index in [1.54, 1.807) is 0 Å². The predicted octanol–water partition coefficient (Wildman–Crippen LogP) is 0.825. The van der Waals surface area contributed by atoms with Gasteiger partial charge in [0.25, 0.3) is 0 Å². The van der Waals surface area contributed by atoms with Gasteiger partial charge in [-0.2, -0.15) is 0 Å². The van der Waals surface area contributed by atoms with Crippen molar-refractivity contribution in [3.8, 4) is 0 Å². The second kappa shape index (κ2) is 5.57. The van der Waals surface area contributed by atoms with E-state index < -0.39 is 0 Å². The molecule has 0 aromatic rings. The molecular formula is C14H25N3O. The van der Waals surface area contributed by atoms with Crippen molar-refractivity contribution in [2.75, 3.05) is 32.7 Å². The third-order valence-corrected chi connectivity index (χ3v) is 4.74. The molecule has 4 nitrogen and oxygen atoms in total. The second-order valence-corrected chi connectivity index (χ2v) is 5.97. The number of hydrogen-bond acceptors (Lipinski definition) is 3. The summed E-state index contributed by atoms with van der Waals surface area (Å²) in [6.45, 7) is 5.44. The lowest BCUT2D eigenvalue weighted by atomic mass is 10.1. The van der Waals surface area contributed by atoms with Crippen molar-refractivity contribution in [2.45, 2.75) is 50.6 Å². The maximum absolute atomic E-state index is 12.3. The van der Waals surface area contributed by atoms with Gasteiger partial charge in [0.2, 0.25) is 5.91 Å². The number of rotatable bonds is 2. The van der Waals surface area contributed by atoms with Crippen LogP contribution in [0.25, 0.3) is 0 Å².